The Balaban J connectivity index is 5.56. The van der Waals surface area contributed by atoms with Crippen molar-refractivity contribution >= 4 is 41.5 Å². The molecule has 0 aromatic carbocycles. The van der Waals surface area contributed by atoms with E-state index in [2.05, 4.69) is 10.6 Å². The van der Waals surface area contributed by atoms with Gasteiger partial charge in [-0.25, -0.2) is 4.79 Å². The lowest BCUT2D eigenvalue weighted by atomic mass is 10.1. The minimum Gasteiger partial charge on any atom is -0.481 e. The highest BCUT2D eigenvalue weighted by molar-refractivity contribution is 5.96. The molecule has 0 bridgehead atoms. The van der Waals surface area contributed by atoms with Crippen LogP contribution in [0.4, 0.5) is 0 Å². The molecule has 4 amide bonds. The van der Waals surface area contributed by atoms with Crippen molar-refractivity contribution in [2.45, 2.75) is 62.7 Å². The van der Waals surface area contributed by atoms with Gasteiger partial charge in [0.25, 0.3) is 0 Å². The molecule has 4 unspecified atom stereocenters. The zero-order valence-electron chi connectivity index (χ0n) is 18.2. The number of carbonyl (C=O) groups is 7. The molecule has 0 aromatic rings. The van der Waals surface area contributed by atoms with Gasteiger partial charge < -0.3 is 48.5 Å². The molecule has 34 heavy (non-hydrogen) atoms. The van der Waals surface area contributed by atoms with Crippen LogP contribution in [0.2, 0.25) is 0 Å². The molecule has 0 saturated carbocycles. The van der Waals surface area contributed by atoms with Gasteiger partial charge in [-0.2, -0.15) is 0 Å². The smallest absolute Gasteiger partial charge is 0.326 e. The van der Waals surface area contributed by atoms with E-state index in [1.54, 1.807) is 0 Å². The predicted octanol–water partition coefficient (Wildman–Crippen LogP) is -4.19. The van der Waals surface area contributed by atoms with E-state index in [0.29, 0.717) is 12.8 Å². The zero-order valence-corrected chi connectivity index (χ0v) is 18.2. The van der Waals surface area contributed by atoms with Gasteiger partial charge >= 0.3 is 17.9 Å². The SMILES string of the molecule is NCCCCC(NC(=O)C(CC(=O)O)NC(=O)C(N)CC(N)=O)C(=O)NC(CC(=O)O)C(=O)O. The normalized spacial score (nSPS) is 14.1. The molecule has 0 aromatic heterocycles. The molecule has 0 aliphatic carbocycles. The second-order valence-electron chi connectivity index (χ2n) is 7.28. The number of carbonyl (C=O) groups excluding carboxylic acids is 4. The highest BCUT2D eigenvalue weighted by Gasteiger charge is 2.32. The number of unbranched alkanes of at least 4 members (excludes halogenated alkanes) is 1. The molecule has 16 nitrogen and oxygen atoms in total. The Morgan fingerprint density at radius 3 is 1.62 bits per heavy atom. The summed E-state index contributed by atoms with van der Waals surface area (Å²) in [6, 6.07) is -6.36. The van der Waals surface area contributed by atoms with Crippen molar-refractivity contribution in [3.8, 4) is 0 Å². The number of amides is 4. The van der Waals surface area contributed by atoms with Crippen LogP contribution in [-0.4, -0.2) is 87.6 Å². The van der Waals surface area contributed by atoms with Crippen LogP contribution >= 0.6 is 0 Å². The van der Waals surface area contributed by atoms with Gasteiger partial charge in [0, 0.05) is 0 Å². The monoisotopic (exact) mass is 490 g/mol. The minimum atomic E-state index is -1.79. The molecule has 0 fully saturated rings. The first-order valence-corrected chi connectivity index (χ1v) is 10.1. The molecule has 12 N–H and O–H groups in total. The molecular weight excluding hydrogens is 460 g/mol. The summed E-state index contributed by atoms with van der Waals surface area (Å²) >= 11 is 0. The summed E-state index contributed by atoms with van der Waals surface area (Å²) in [5, 5.41) is 33.3. The number of aliphatic carboxylic acids is 3. The lowest BCUT2D eigenvalue weighted by Gasteiger charge is -2.24. The Kier molecular flexibility index (Phi) is 13.4. The van der Waals surface area contributed by atoms with Crippen molar-refractivity contribution in [2.75, 3.05) is 6.54 Å². The third-order valence-corrected chi connectivity index (χ3v) is 4.34. The van der Waals surface area contributed by atoms with Crippen molar-refractivity contribution in [1.29, 1.82) is 0 Å². The third-order valence-electron chi connectivity index (χ3n) is 4.34. The number of nitrogens with one attached hydrogen (secondary N) is 3. The Morgan fingerprint density at radius 1 is 0.676 bits per heavy atom. The number of primary amides is 1. The first kappa shape index (κ1) is 30.2. The summed E-state index contributed by atoms with van der Waals surface area (Å²) in [5.74, 6) is -8.70. The fraction of sp³-hybridized carbons (Fsp3) is 0.611. The minimum absolute atomic E-state index is 0.0525. The van der Waals surface area contributed by atoms with Crippen molar-refractivity contribution in [3.05, 3.63) is 0 Å². The van der Waals surface area contributed by atoms with Gasteiger partial charge in [0.1, 0.15) is 18.1 Å². The largest absolute Gasteiger partial charge is 0.481 e. The summed E-state index contributed by atoms with van der Waals surface area (Å²) in [4.78, 5) is 81.5. The van der Waals surface area contributed by atoms with Crippen molar-refractivity contribution < 1.29 is 48.9 Å². The molecule has 16 heteroatoms. The van der Waals surface area contributed by atoms with E-state index in [0.717, 1.165) is 0 Å². The number of nitrogens with two attached hydrogens (primary N) is 3. The quantitative estimate of drug-likeness (QED) is 0.0877. The van der Waals surface area contributed by atoms with Crippen molar-refractivity contribution in [2.24, 2.45) is 17.2 Å². The van der Waals surface area contributed by atoms with E-state index >= 15 is 0 Å². The Labute approximate surface area is 193 Å². The van der Waals surface area contributed by atoms with E-state index in [4.69, 9.17) is 32.5 Å². The Morgan fingerprint density at radius 2 is 1.15 bits per heavy atom. The van der Waals surface area contributed by atoms with E-state index in [1.807, 2.05) is 5.32 Å². The van der Waals surface area contributed by atoms with Crippen LogP contribution in [0, 0.1) is 0 Å². The van der Waals surface area contributed by atoms with Crippen LogP contribution < -0.4 is 33.2 Å². The summed E-state index contributed by atoms with van der Waals surface area (Å²) in [6.45, 7) is 0.245. The fourth-order valence-corrected chi connectivity index (χ4v) is 2.65. The second kappa shape index (κ2) is 15.1. The maximum Gasteiger partial charge on any atom is 0.326 e. The molecule has 0 rings (SSSR count). The van der Waals surface area contributed by atoms with Crippen LogP contribution in [0.15, 0.2) is 0 Å². The molecule has 4 atom stereocenters. The maximum atomic E-state index is 12.7. The molecule has 0 aliphatic heterocycles. The standard InChI is InChI=1S/C18H30N6O10/c19-4-2-1-3-9(16(31)24-11(18(33)34)7-14(28)29)22-17(32)10(6-13(26)27)23-15(30)8(20)5-12(21)25/h8-11H,1-7,19-20H2,(H2,21,25)(H,22,32)(H,23,30)(H,24,31)(H,26,27)(H,28,29)(H,33,34). The summed E-state index contributed by atoms with van der Waals surface area (Å²) in [6.07, 6.45) is -1.74. The molecule has 0 aliphatic rings. The van der Waals surface area contributed by atoms with Crippen LogP contribution in [0.1, 0.15) is 38.5 Å². The lowest BCUT2D eigenvalue weighted by Crippen LogP contribution is -2.57. The van der Waals surface area contributed by atoms with E-state index in [-0.39, 0.29) is 13.0 Å². The van der Waals surface area contributed by atoms with Gasteiger partial charge in [0.2, 0.25) is 23.6 Å². The van der Waals surface area contributed by atoms with Crippen LogP contribution in [0.3, 0.4) is 0 Å². The maximum absolute atomic E-state index is 12.7. The highest BCUT2D eigenvalue weighted by Crippen LogP contribution is 2.05. The van der Waals surface area contributed by atoms with Gasteiger partial charge in [0.05, 0.1) is 25.3 Å². The van der Waals surface area contributed by atoms with Gasteiger partial charge in [-0.05, 0) is 25.8 Å². The van der Waals surface area contributed by atoms with E-state index in [9.17, 15) is 33.6 Å². The molecule has 0 radical (unpaired) electrons. The summed E-state index contributed by atoms with van der Waals surface area (Å²) in [5.41, 5.74) is 15.8. The average Bonchev–Trinajstić information content (AvgIpc) is 2.70. The number of hydrogen-bond acceptors (Lipinski definition) is 9. The van der Waals surface area contributed by atoms with Crippen LogP contribution in [-0.2, 0) is 33.6 Å². The van der Waals surface area contributed by atoms with Crippen LogP contribution in [0.5, 0.6) is 0 Å². The topological polar surface area (TPSA) is 294 Å². The molecule has 0 heterocycles. The predicted molar refractivity (Wildman–Crippen MR) is 113 cm³/mol. The summed E-state index contributed by atoms with van der Waals surface area (Å²) in [7, 11) is 0. The van der Waals surface area contributed by atoms with Gasteiger partial charge in [-0.1, -0.05) is 0 Å². The molecular formula is C18H30N6O10. The second-order valence-corrected chi connectivity index (χ2v) is 7.28. The molecule has 0 spiro atoms. The zero-order chi connectivity index (χ0) is 26.4. The van der Waals surface area contributed by atoms with E-state index < -0.39 is 85.0 Å². The molecule has 0 saturated heterocycles. The van der Waals surface area contributed by atoms with Gasteiger partial charge in [-0.15, -0.1) is 0 Å². The number of hydrogen-bond donors (Lipinski definition) is 9. The lowest BCUT2D eigenvalue weighted by molar-refractivity contribution is -0.147. The van der Waals surface area contributed by atoms with Gasteiger partial charge in [-0.3, -0.25) is 28.8 Å². The Bertz CT molecular complexity index is 789. The average molecular weight is 490 g/mol. The fourth-order valence-electron chi connectivity index (χ4n) is 2.65. The third kappa shape index (κ3) is 12.3. The van der Waals surface area contributed by atoms with Crippen molar-refractivity contribution in [3.63, 3.8) is 0 Å². The number of rotatable bonds is 17. The summed E-state index contributed by atoms with van der Waals surface area (Å²) < 4.78 is 0. The van der Waals surface area contributed by atoms with Crippen LogP contribution in [0.25, 0.3) is 0 Å². The molecule has 192 valence electrons. The Hall–Kier alpha value is -3.79. The van der Waals surface area contributed by atoms with Gasteiger partial charge in [0.15, 0.2) is 0 Å². The first-order valence-electron chi connectivity index (χ1n) is 10.1. The first-order chi connectivity index (χ1) is 15.8. The number of carboxylic acid groups (broad SMARTS) is 3. The van der Waals surface area contributed by atoms with Crippen molar-refractivity contribution in [1.82, 2.24) is 16.0 Å². The highest BCUT2D eigenvalue weighted by atomic mass is 16.4. The number of carboxylic acids is 3. The van der Waals surface area contributed by atoms with E-state index in [1.165, 1.54) is 0 Å².